The molecule has 38 heavy (non-hydrogen) atoms. The fraction of sp³-hybridized carbons (Fsp3) is 0.192. The molecule has 1 fully saturated rings. The molecule has 1 aliphatic rings. The fourth-order valence-electron chi connectivity index (χ4n) is 4.17. The number of likely N-dealkylation sites (tertiary alicyclic amines) is 1. The van der Waals surface area contributed by atoms with Crippen LogP contribution < -0.4 is 10.6 Å². The van der Waals surface area contributed by atoms with Gasteiger partial charge in [-0.15, -0.1) is 0 Å². The zero-order chi connectivity index (χ0) is 27.6. The number of hydrogen-bond donors (Lipinski definition) is 3. The lowest BCUT2D eigenvalue weighted by Crippen LogP contribution is -2.45. The number of nitrogens with zero attached hydrogens (tertiary/aromatic N) is 1. The first-order valence-electron chi connectivity index (χ1n) is 11.3. The molecule has 3 aromatic rings. The number of halogens is 5. The van der Waals surface area contributed by atoms with Crippen LogP contribution in [0.1, 0.15) is 28.8 Å². The predicted molar refractivity (Wildman–Crippen MR) is 128 cm³/mol. The highest BCUT2D eigenvalue weighted by Gasteiger charge is 2.38. The van der Waals surface area contributed by atoms with Gasteiger partial charge in [-0.1, -0.05) is 24.3 Å². The Bertz CT molecular complexity index is 1350. The van der Waals surface area contributed by atoms with Gasteiger partial charge in [-0.3, -0.25) is 4.79 Å². The summed E-state index contributed by atoms with van der Waals surface area (Å²) in [6.07, 6.45) is -4.46. The molecule has 0 aliphatic carbocycles. The summed E-state index contributed by atoms with van der Waals surface area (Å²) in [5, 5.41) is 13.9. The minimum Gasteiger partial charge on any atom is -0.478 e. The molecule has 0 spiro atoms. The van der Waals surface area contributed by atoms with E-state index >= 15 is 0 Å². The van der Waals surface area contributed by atoms with Crippen molar-refractivity contribution in [2.45, 2.75) is 25.1 Å². The van der Waals surface area contributed by atoms with Gasteiger partial charge in [-0.25, -0.2) is 18.4 Å². The van der Waals surface area contributed by atoms with E-state index in [9.17, 15) is 36.3 Å². The number of carbonyl (C=O) groups excluding carboxylic acids is 2. The molecular weight excluding hydrogens is 513 g/mol. The second-order valence-electron chi connectivity index (χ2n) is 8.54. The molecule has 4 rings (SSSR count). The third-order valence-electron chi connectivity index (χ3n) is 6.01. The van der Waals surface area contributed by atoms with Crippen molar-refractivity contribution in [2.75, 3.05) is 17.2 Å². The fourth-order valence-corrected chi connectivity index (χ4v) is 4.17. The lowest BCUT2D eigenvalue weighted by atomic mass is 10.0. The summed E-state index contributed by atoms with van der Waals surface area (Å²) in [5.41, 5.74) is -0.454. The molecule has 1 saturated heterocycles. The van der Waals surface area contributed by atoms with Crippen LogP contribution in [0.2, 0.25) is 0 Å². The van der Waals surface area contributed by atoms with Crippen molar-refractivity contribution in [3.8, 4) is 11.1 Å². The van der Waals surface area contributed by atoms with E-state index in [2.05, 4.69) is 10.6 Å². The van der Waals surface area contributed by atoms with Crippen LogP contribution in [0.25, 0.3) is 11.1 Å². The minimum absolute atomic E-state index is 0.149. The average molecular weight is 533 g/mol. The van der Waals surface area contributed by atoms with Crippen molar-refractivity contribution < 1.29 is 41.4 Å². The molecule has 1 atom stereocenters. The molecule has 0 aromatic heterocycles. The molecule has 0 radical (unpaired) electrons. The van der Waals surface area contributed by atoms with Gasteiger partial charge >= 0.3 is 18.2 Å². The second-order valence-corrected chi connectivity index (χ2v) is 8.54. The Morgan fingerprint density at radius 1 is 0.842 bits per heavy atom. The van der Waals surface area contributed by atoms with Crippen LogP contribution in [0.3, 0.4) is 0 Å². The number of benzene rings is 3. The standard InChI is InChI=1S/C26H20F5N3O4/c27-19-12-18(13-20(28)22(19)26(29,30)31)33-25(38)34-11-1-2-21(34)23(35)32-17-9-7-15(8-10-17)14-3-5-16(6-4-14)24(36)37/h3-10,12-13,21H,1-2,11H2,(H,32,35)(H,33,38)(H,36,37)/t21-/m1/s1. The Balaban J connectivity index is 1.41. The first-order valence-corrected chi connectivity index (χ1v) is 11.3. The topological polar surface area (TPSA) is 98.7 Å². The van der Waals surface area contributed by atoms with E-state index in [1.165, 1.54) is 12.1 Å². The number of hydrogen-bond acceptors (Lipinski definition) is 3. The molecule has 198 valence electrons. The van der Waals surface area contributed by atoms with Gasteiger partial charge in [-0.2, -0.15) is 13.2 Å². The molecule has 3 aromatic carbocycles. The van der Waals surface area contributed by atoms with E-state index in [0.29, 0.717) is 30.7 Å². The molecule has 7 nitrogen and oxygen atoms in total. The summed E-state index contributed by atoms with van der Waals surface area (Å²) in [6.45, 7) is 0.154. The molecule has 3 amide bonds. The van der Waals surface area contributed by atoms with E-state index in [1.54, 1.807) is 36.4 Å². The van der Waals surface area contributed by atoms with E-state index in [-0.39, 0.29) is 12.1 Å². The number of rotatable bonds is 5. The lowest BCUT2D eigenvalue weighted by Gasteiger charge is -2.24. The Hall–Kier alpha value is -4.48. The van der Waals surface area contributed by atoms with Crippen molar-refractivity contribution in [1.82, 2.24) is 4.90 Å². The molecule has 1 heterocycles. The zero-order valence-corrected chi connectivity index (χ0v) is 19.5. The van der Waals surface area contributed by atoms with Gasteiger partial charge in [0.1, 0.15) is 23.2 Å². The highest BCUT2D eigenvalue weighted by atomic mass is 19.4. The van der Waals surface area contributed by atoms with Gasteiger partial charge in [0.05, 0.1) is 5.56 Å². The lowest BCUT2D eigenvalue weighted by molar-refractivity contribution is -0.142. The third-order valence-corrected chi connectivity index (χ3v) is 6.01. The number of carboxylic acid groups (broad SMARTS) is 1. The largest absolute Gasteiger partial charge is 0.478 e. The van der Waals surface area contributed by atoms with E-state index in [4.69, 9.17) is 5.11 Å². The first kappa shape index (κ1) is 26.6. The number of urea groups is 1. The van der Waals surface area contributed by atoms with E-state index < -0.39 is 53.0 Å². The van der Waals surface area contributed by atoms with Crippen molar-refractivity contribution in [1.29, 1.82) is 0 Å². The number of alkyl halides is 3. The number of anilines is 2. The Labute approximate surface area is 212 Å². The van der Waals surface area contributed by atoms with E-state index in [0.717, 1.165) is 16.0 Å². The molecule has 1 aliphatic heterocycles. The van der Waals surface area contributed by atoms with Crippen LogP contribution in [0.4, 0.5) is 38.1 Å². The SMILES string of the molecule is O=C(O)c1ccc(-c2ccc(NC(=O)[C@H]3CCCN3C(=O)Nc3cc(F)c(C(F)(F)F)c(F)c3)cc2)cc1. The normalized spacial score (nSPS) is 15.3. The number of nitrogens with one attached hydrogen (secondary N) is 2. The van der Waals surface area contributed by atoms with Crippen molar-refractivity contribution in [3.63, 3.8) is 0 Å². The van der Waals surface area contributed by atoms with Crippen LogP contribution in [0, 0.1) is 11.6 Å². The average Bonchev–Trinajstić information content (AvgIpc) is 3.34. The summed E-state index contributed by atoms with van der Waals surface area (Å²) in [6, 6.07) is 11.9. The number of carboxylic acids is 1. The van der Waals surface area contributed by atoms with Crippen LogP contribution in [0.5, 0.6) is 0 Å². The highest BCUT2D eigenvalue weighted by molar-refractivity contribution is 5.99. The van der Waals surface area contributed by atoms with Crippen molar-refractivity contribution >= 4 is 29.3 Å². The summed E-state index contributed by atoms with van der Waals surface area (Å²) in [7, 11) is 0. The van der Waals surface area contributed by atoms with Crippen LogP contribution in [-0.4, -0.2) is 40.5 Å². The molecule has 0 bridgehead atoms. The zero-order valence-electron chi connectivity index (χ0n) is 19.5. The number of aromatic carboxylic acids is 1. The molecular formula is C26H20F5N3O4. The summed E-state index contributed by atoms with van der Waals surface area (Å²) < 4.78 is 66.0. The van der Waals surface area contributed by atoms with Crippen LogP contribution in [-0.2, 0) is 11.0 Å². The van der Waals surface area contributed by atoms with Crippen LogP contribution in [0.15, 0.2) is 60.7 Å². The minimum atomic E-state index is -5.24. The summed E-state index contributed by atoms with van der Waals surface area (Å²) in [4.78, 5) is 37.7. The van der Waals surface area contributed by atoms with Gasteiger partial charge in [0.25, 0.3) is 0 Å². The van der Waals surface area contributed by atoms with Gasteiger partial charge in [0, 0.05) is 17.9 Å². The highest BCUT2D eigenvalue weighted by Crippen LogP contribution is 2.35. The maximum absolute atomic E-state index is 13.9. The molecule has 3 N–H and O–H groups in total. The summed E-state index contributed by atoms with van der Waals surface area (Å²) >= 11 is 0. The smallest absolute Gasteiger partial charge is 0.422 e. The van der Waals surface area contributed by atoms with Crippen LogP contribution >= 0.6 is 0 Å². The monoisotopic (exact) mass is 533 g/mol. The predicted octanol–water partition coefficient (Wildman–Crippen LogP) is 5.98. The Morgan fingerprint density at radius 2 is 1.39 bits per heavy atom. The second kappa shape index (κ2) is 10.5. The Morgan fingerprint density at radius 3 is 1.92 bits per heavy atom. The maximum atomic E-state index is 13.9. The molecule has 12 heteroatoms. The quantitative estimate of drug-likeness (QED) is 0.351. The summed E-state index contributed by atoms with van der Waals surface area (Å²) in [5.74, 6) is -5.29. The Kier molecular flexibility index (Phi) is 7.33. The first-order chi connectivity index (χ1) is 17.9. The van der Waals surface area contributed by atoms with Crippen molar-refractivity contribution in [3.05, 3.63) is 83.4 Å². The number of carbonyl (C=O) groups is 3. The molecule has 0 saturated carbocycles. The van der Waals surface area contributed by atoms with Gasteiger partial charge in [-0.05, 0) is 60.4 Å². The molecule has 0 unspecified atom stereocenters. The van der Waals surface area contributed by atoms with Gasteiger partial charge in [0.15, 0.2) is 0 Å². The van der Waals surface area contributed by atoms with E-state index in [1.807, 2.05) is 0 Å². The number of amides is 3. The van der Waals surface area contributed by atoms with Gasteiger partial charge < -0.3 is 20.6 Å². The third kappa shape index (κ3) is 5.74. The maximum Gasteiger partial charge on any atom is 0.422 e. The van der Waals surface area contributed by atoms with Gasteiger partial charge in [0.2, 0.25) is 5.91 Å². The van der Waals surface area contributed by atoms with Crippen molar-refractivity contribution in [2.24, 2.45) is 0 Å².